The molecule has 1 saturated heterocycles. The summed E-state index contributed by atoms with van der Waals surface area (Å²) in [6.45, 7) is 6.72. The fourth-order valence-corrected chi connectivity index (χ4v) is 2.34. The number of benzene rings is 1. The van der Waals surface area contributed by atoms with Crippen molar-refractivity contribution in [2.45, 2.75) is 39.7 Å². The molecule has 0 atom stereocenters. The third kappa shape index (κ3) is 5.22. The van der Waals surface area contributed by atoms with Gasteiger partial charge in [-0.15, -0.1) is 5.06 Å². The molecule has 1 aliphatic rings. The van der Waals surface area contributed by atoms with Gasteiger partial charge >= 0.3 is 5.97 Å². The van der Waals surface area contributed by atoms with Crippen molar-refractivity contribution in [2.24, 2.45) is 5.41 Å². The maximum atomic E-state index is 12.2. The van der Waals surface area contributed by atoms with Crippen LogP contribution in [0.1, 0.15) is 44.0 Å². The first kappa shape index (κ1) is 17.8. The van der Waals surface area contributed by atoms with Gasteiger partial charge in [0, 0.05) is 29.7 Å². The Balaban J connectivity index is 1.79. The van der Waals surface area contributed by atoms with E-state index in [4.69, 9.17) is 16.4 Å². The highest BCUT2D eigenvalue weighted by Gasteiger charge is 2.28. The highest BCUT2D eigenvalue weighted by atomic mass is 35.5. The van der Waals surface area contributed by atoms with Gasteiger partial charge in [0.1, 0.15) is 0 Å². The average molecular weight is 339 g/mol. The molecule has 0 bridgehead atoms. The summed E-state index contributed by atoms with van der Waals surface area (Å²) in [5.74, 6) is -0.340. The number of halogens is 1. The fraction of sp³-hybridized carbons (Fsp3) is 0.529. The number of piperidine rings is 1. The zero-order valence-electron chi connectivity index (χ0n) is 13.8. The van der Waals surface area contributed by atoms with Gasteiger partial charge in [-0.3, -0.25) is 4.79 Å². The van der Waals surface area contributed by atoms with E-state index in [9.17, 15) is 9.59 Å². The number of hydrogen-bond donors (Lipinski definition) is 1. The predicted molar refractivity (Wildman–Crippen MR) is 89.1 cm³/mol. The average Bonchev–Trinajstić information content (AvgIpc) is 2.49. The fourth-order valence-electron chi connectivity index (χ4n) is 2.22. The predicted octanol–water partition coefficient (Wildman–Crippen LogP) is 3.04. The second kappa shape index (κ2) is 7.32. The highest BCUT2D eigenvalue weighted by molar-refractivity contribution is 6.30. The minimum Gasteiger partial charge on any atom is -0.367 e. The zero-order valence-corrected chi connectivity index (χ0v) is 14.5. The third-order valence-corrected chi connectivity index (χ3v) is 3.97. The molecule has 0 radical (unpaired) electrons. The van der Waals surface area contributed by atoms with Crippen molar-refractivity contribution in [2.75, 3.05) is 13.1 Å². The number of nitrogens with one attached hydrogen (secondary N) is 1. The largest absolute Gasteiger partial charge is 0.367 e. The lowest BCUT2D eigenvalue weighted by molar-refractivity contribution is -0.204. The Bertz CT molecular complexity index is 558. The van der Waals surface area contributed by atoms with Crippen LogP contribution in [-0.2, 0) is 9.63 Å². The summed E-state index contributed by atoms with van der Waals surface area (Å²) in [5.41, 5.74) is 0.0793. The van der Waals surface area contributed by atoms with Crippen molar-refractivity contribution in [1.82, 2.24) is 10.4 Å². The van der Waals surface area contributed by atoms with Crippen LogP contribution >= 0.6 is 11.6 Å². The molecule has 2 rings (SSSR count). The van der Waals surface area contributed by atoms with Crippen LogP contribution in [0.25, 0.3) is 0 Å². The van der Waals surface area contributed by atoms with Crippen LogP contribution in [0.2, 0.25) is 5.02 Å². The highest BCUT2D eigenvalue weighted by Crippen LogP contribution is 2.19. The van der Waals surface area contributed by atoms with E-state index in [0.29, 0.717) is 23.7 Å². The van der Waals surface area contributed by atoms with Gasteiger partial charge in [0.05, 0.1) is 5.41 Å². The zero-order chi connectivity index (χ0) is 17.0. The van der Waals surface area contributed by atoms with E-state index in [1.165, 1.54) is 0 Å². The summed E-state index contributed by atoms with van der Waals surface area (Å²) in [6.07, 6.45) is 1.49. The molecule has 0 saturated carbocycles. The third-order valence-electron chi connectivity index (χ3n) is 3.72. The Morgan fingerprint density at radius 1 is 1.17 bits per heavy atom. The second-order valence-corrected chi connectivity index (χ2v) is 7.25. The van der Waals surface area contributed by atoms with Crippen molar-refractivity contribution in [1.29, 1.82) is 0 Å². The molecule has 0 aromatic heterocycles. The number of hydroxylamine groups is 2. The van der Waals surface area contributed by atoms with Crippen LogP contribution < -0.4 is 5.32 Å². The summed E-state index contributed by atoms with van der Waals surface area (Å²) in [7, 11) is 0. The van der Waals surface area contributed by atoms with E-state index in [1.807, 2.05) is 20.8 Å². The lowest BCUT2D eigenvalue weighted by atomic mass is 9.98. The van der Waals surface area contributed by atoms with Gasteiger partial charge in [-0.1, -0.05) is 11.6 Å². The molecule has 1 heterocycles. The van der Waals surface area contributed by atoms with Gasteiger partial charge in [-0.2, -0.15) is 0 Å². The van der Waals surface area contributed by atoms with E-state index in [0.717, 1.165) is 12.8 Å². The Morgan fingerprint density at radius 3 is 2.26 bits per heavy atom. The Kier molecular flexibility index (Phi) is 5.65. The van der Waals surface area contributed by atoms with Gasteiger partial charge in [-0.05, 0) is 57.9 Å². The molecule has 1 N–H and O–H groups in total. The Hall–Kier alpha value is -1.59. The first-order valence-electron chi connectivity index (χ1n) is 7.79. The SMILES string of the molecule is CC(C)(C)C(=O)ON1CCC(NC(=O)c2ccc(Cl)cc2)CC1. The summed E-state index contributed by atoms with van der Waals surface area (Å²) in [6, 6.07) is 6.90. The van der Waals surface area contributed by atoms with Crippen LogP contribution in [0, 0.1) is 5.41 Å². The molecule has 1 aromatic carbocycles. The van der Waals surface area contributed by atoms with Crippen molar-refractivity contribution in [3.8, 4) is 0 Å². The molecule has 1 aromatic rings. The van der Waals surface area contributed by atoms with Crippen molar-refractivity contribution < 1.29 is 14.4 Å². The number of hydrogen-bond acceptors (Lipinski definition) is 4. The van der Waals surface area contributed by atoms with Gasteiger partial charge in [0.15, 0.2) is 0 Å². The molecule has 0 spiro atoms. The minimum atomic E-state index is -0.514. The molecule has 1 amide bonds. The lowest BCUT2D eigenvalue weighted by Gasteiger charge is -2.32. The van der Waals surface area contributed by atoms with Crippen LogP contribution in [0.5, 0.6) is 0 Å². The molecule has 0 aliphatic carbocycles. The number of amides is 1. The molecule has 126 valence electrons. The first-order chi connectivity index (χ1) is 10.8. The minimum absolute atomic E-state index is 0.0859. The molecule has 0 unspecified atom stereocenters. The maximum Gasteiger partial charge on any atom is 0.330 e. The quantitative estimate of drug-likeness (QED) is 0.920. The van der Waals surface area contributed by atoms with Crippen LogP contribution in [0.15, 0.2) is 24.3 Å². The van der Waals surface area contributed by atoms with Gasteiger partial charge in [-0.25, -0.2) is 4.79 Å². The molecular formula is C17H23ClN2O3. The molecule has 1 fully saturated rings. The number of rotatable bonds is 3. The summed E-state index contributed by atoms with van der Waals surface area (Å²) in [5, 5.41) is 5.30. The Morgan fingerprint density at radius 2 is 1.74 bits per heavy atom. The topological polar surface area (TPSA) is 58.6 Å². The van der Waals surface area contributed by atoms with E-state index >= 15 is 0 Å². The van der Waals surface area contributed by atoms with E-state index in [2.05, 4.69) is 5.32 Å². The van der Waals surface area contributed by atoms with E-state index < -0.39 is 5.41 Å². The van der Waals surface area contributed by atoms with Crippen LogP contribution in [-0.4, -0.2) is 36.1 Å². The maximum absolute atomic E-state index is 12.2. The molecule has 1 aliphatic heterocycles. The van der Waals surface area contributed by atoms with Crippen LogP contribution in [0.4, 0.5) is 0 Å². The molecule has 23 heavy (non-hydrogen) atoms. The van der Waals surface area contributed by atoms with E-state index in [-0.39, 0.29) is 17.9 Å². The smallest absolute Gasteiger partial charge is 0.330 e. The molecular weight excluding hydrogens is 316 g/mol. The van der Waals surface area contributed by atoms with Crippen molar-refractivity contribution in [3.63, 3.8) is 0 Å². The van der Waals surface area contributed by atoms with Crippen molar-refractivity contribution in [3.05, 3.63) is 34.9 Å². The molecule has 6 heteroatoms. The number of nitrogens with zero attached hydrogens (tertiary/aromatic N) is 1. The van der Waals surface area contributed by atoms with Crippen LogP contribution in [0.3, 0.4) is 0 Å². The Labute approximate surface area is 141 Å². The summed E-state index contributed by atoms with van der Waals surface area (Å²) in [4.78, 5) is 29.4. The summed E-state index contributed by atoms with van der Waals surface area (Å²) >= 11 is 5.82. The normalized spacial score (nSPS) is 16.9. The first-order valence-corrected chi connectivity index (χ1v) is 8.17. The van der Waals surface area contributed by atoms with Gasteiger partial charge in [0.2, 0.25) is 0 Å². The van der Waals surface area contributed by atoms with Crippen molar-refractivity contribution >= 4 is 23.5 Å². The molecule has 5 nitrogen and oxygen atoms in total. The lowest BCUT2D eigenvalue weighted by Crippen LogP contribution is -2.46. The number of carbonyl (C=O) groups is 2. The monoisotopic (exact) mass is 338 g/mol. The standard InChI is InChI=1S/C17H23ClN2O3/c1-17(2,3)16(22)23-20-10-8-14(9-11-20)19-15(21)12-4-6-13(18)7-5-12/h4-7,14H,8-11H2,1-3H3,(H,19,21). The van der Waals surface area contributed by atoms with Gasteiger partial charge < -0.3 is 10.2 Å². The van der Waals surface area contributed by atoms with E-state index in [1.54, 1.807) is 29.3 Å². The summed E-state index contributed by atoms with van der Waals surface area (Å²) < 4.78 is 0. The second-order valence-electron chi connectivity index (χ2n) is 6.81. The number of carbonyl (C=O) groups excluding carboxylic acids is 2. The van der Waals surface area contributed by atoms with Gasteiger partial charge in [0.25, 0.3) is 5.91 Å².